The Morgan fingerprint density at radius 1 is 1.20 bits per heavy atom. The van der Waals surface area contributed by atoms with E-state index in [0.29, 0.717) is 0 Å². The fourth-order valence-electron chi connectivity index (χ4n) is 0.628. The first-order valence-corrected chi connectivity index (χ1v) is 4.72. The molecule has 0 saturated heterocycles. The Kier molecular flexibility index (Phi) is 1.75. The van der Waals surface area contributed by atoms with Gasteiger partial charge in [0.05, 0.1) is 0 Å². The third-order valence-electron chi connectivity index (χ3n) is 1.27. The second kappa shape index (κ2) is 2.29. The fraction of sp³-hybridized carbons (Fsp3) is 0.500. The molecule has 0 unspecified atom stereocenters. The van der Waals surface area contributed by atoms with E-state index in [1.165, 1.54) is 22.8 Å². The molecule has 4 nitrogen and oxygen atoms in total. The Bertz CT molecular complexity index is 327. The normalized spacial score (nSPS) is 10.3. The van der Waals surface area contributed by atoms with E-state index >= 15 is 0 Å². The molecule has 0 saturated carbocycles. The van der Waals surface area contributed by atoms with Crippen LogP contribution >= 0.6 is 18.4 Å². The molecule has 0 aliphatic heterocycles. The standard InChI is InChI=1S/C4H6ClN2O2P/c1-6-3(8)4(9)7(2)10(6)5/h1-2H3. The first-order chi connectivity index (χ1) is 4.55. The lowest BCUT2D eigenvalue weighted by molar-refractivity contribution is 0.942. The van der Waals surface area contributed by atoms with Gasteiger partial charge >= 0.3 is 11.1 Å². The van der Waals surface area contributed by atoms with Crippen molar-refractivity contribution in [3.63, 3.8) is 0 Å². The quantitative estimate of drug-likeness (QED) is 0.531. The number of nitrogens with zero attached hydrogens (tertiary/aromatic N) is 2. The summed E-state index contributed by atoms with van der Waals surface area (Å²) in [6.07, 6.45) is 0. The Hall–Kier alpha value is -0.470. The number of hydrogen-bond acceptors (Lipinski definition) is 2. The molecule has 0 N–H and O–H groups in total. The summed E-state index contributed by atoms with van der Waals surface area (Å²) >= 11 is 5.68. The van der Waals surface area contributed by atoms with Crippen LogP contribution in [0.3, 0.4) is 0 Å². The van der Waals surface area contributed by atoms with Crippen LogP contribution in [0.1, 0.15) is 0 Å². The maximum Gasteiger partial charge on any atom is 0.321 e. The van der Waals surface area contributed by atoms with Gasteiger partial charge in [-0.25, -0.2) is 0 Å². The molecule has 0 bridgehead atoms. The highest BCUT2D eigenvalue weighted by Crippen LogP contribution is 2.24. The molecule has 0 radical (unpaired) electrons. The lowest BCUT2D eigenvalue weighted by Crippen LogP contribution is -2.28. The van der Waals surface area contributed by atoms with Crippen LogP contribution in [-0.2, 0) is 14.1 Å². The molecule has 0 aliphatic carbocycles. The third-order valence-corrected chi connectivity index (χ3v) is 3.98. The average molecular weight is 181 g/mol. The van der Waals surface area contributed by atoms with Crippen molar-refractivity contribution in [3.05, 3.63) is 20.7 Å². The van der Waals surface area contributed by atoms with Crippen molar-refractivity contribution in [3.8, 4) is 0 Å². The SMILES string of the molecule is Cn1c(=O)c(=O)n(C)p1Cl. The summed E-state index contributed by atoms with van der Waals surface area (Å²) in [4.78, 5) is 21.6. The molecular weight excluding hydrogens is 174 g/mol. The van der Waals surface area contributed by atoms with Crippen molar-refractivity contribution in [1.82, 2.24) is 8.66 Å². The van der Waals surface area contributed by atoms with E-state index in [2.05, 4.69) is 0 Å². The van der Waals surface area contributed by atoms with Gasteiger partial charge in [0.15, 0.2) is 0 Å². The van der Waals surface area contributed by atoms with Gasteiger partial charge in [-0.05, 0) is 11.2 Å². The topological polar surface area (TPSA) is 44.0 Å². The van der Waals surface area contributed by atoms with Gasteiger partial charge < -0.3 is 0 Å². The summed E-state index contributed by atoms with van der Waals surface area (Å²) in [6.45, 7) is 0. The summed E-state index contributed by atoms with van der Waals surface area (Å²) in [5, 5.41) is 0. The molecule has 6 heteroatoms. The van der Waals surface area contributed by atoms with Crippen LogP contribution in [0.25, 0.3) is 0 Å². The Morgan fingerprint density at radius 3 is 1.60 bits per heavy atom. The second-order valence-corrected chi connectivity index (χ2v) is 4.49. The average Bonchev–Trinajstić information content (AvgIpc) is 2.07. The maximum absolute atomic E-state index is 10.8. The van der Waals surface area contributed by atoms with Gasteiger partial charge in [-0.1, -0.05) is 0 Å². The lowest BCUT2D eigenvalue weighted by Gasteiger charge is -1.91. The van der Waals surface area contributed by atoms with Gasteiger partial charge in [0, 0.05) is 14.1 Å². The number of halogens is 1. The van der Waals surface area contributed by atoms with Gasteiger partial charge in [0.2, 0.25) is 0 Å². The van der Waals surface area contributed by atoms with Gasteiger partial charge in [-0.3, -0.25) is 18.2 Å². The summed E-state index contributed by atoms with van der Waals surface area (Å²) in [6, 6.07) is 0. The Labute approximate surface area is 62.6 Å². The van der Waals surface area contributed by atoms with Crippen molar-refractivity contribution in [1.29, 1.82) is 0 Å². The molecule has 0 atom stereocenters. The summed E-state index contributed by atoms with van der Waals surface area (Å²) < 4.78 is 2.50. The first kappa shape index (κ1) is 7.63. The summed E-state index contributed by atoms with van der Waals surface area (Å²) in [5.41, 5.74) is -1.05. The van der Waals surface area contributed by atoms with Crippen LogP contribution in [0.5, 0.6) is 0 Å². The minimum Gasteiger partial charge on any atom is -0.272 e. The van der Waals surface area contributed by atoms with Crippen LogP contribution in [0.15, 0.2) is 9.59 Å². The first-order valence-electron chi connectivity index (χ1n) is 2.57. The molecule has 10 heavy (non-hydrogen) atoms. The number of aromatic nitrogens is 2. The van der Waals surface area contributed by atoms with E-state index in [4.69, 9.17) is 11.2 Å². The van der Waals surface area contributed by atoms with Gasteiger partial charge in [0.25, 0.3) is 0 Å². The van der Waals surface area contributed by atoms with Crippen molar-refractivity contribution in [2.24, 2.45) is 14.1 Å². The van der Waals surface area contributed by atoms with Crippen LogP contribution < -0.4 is 11.1 Å². The Morgan fingerprint density at radius 2 is 1.50 bits per heavy atom. The molecule has 0 aliphatic rings. The van der Waals surface area contributed by atoms with Crippen molar-refractivity contribution < 1.29 is 0 Å². The van der Waals surface area contributed by atoms with E-state index in [9.17, 15) is 9.59 Å². The van der Waals surface area contributed by atoms with Crippen molar-refractivity contribution in [2.45, 2.75) is 0 Å². The lowest BCUT2D eigenvalue weighted by atomic mass is 10.8. The molecule has 1 rings (SSSR count). The fourth-order valence-corrected chi connectivity index (χ4v) is 1.91. The highest BCUT2D eigenvalue weighted by Gasteiger charge is 2.07. The molecule has 0 fully saturated rings. The highest BCUT2D eigenvalue weighted by molar-refractivity contribution is 7.72. The zero-order valence-corrected chi connectivity index (χ0v) is 7.19. The summed E-state index contributed by atoms with van der Waals surface area (Å²) in [7, 11) is 1.81. The van der Waals surface area contributed by atoms with Crippen LogP contribution in [-0.4, -0.2) is 8.66 Å². The molecule has 56 valence electrons. The minimum atomic E-state index is -1.23. The predicted octanol–water partition coefficient (Wildman–Crippen LogP) is 0.0725. The molecule has 0 aromatic carbocycles. The Balaban J connectivity index is 3.77. The van der Waals surface area contributed by atoms with Crippen molar-refractivity contribution in [2.75, 3.05) is 0 Å². The smallest absolute Gasteiger partial charge is 0.272 e. The summed E-state index contributed by atoms with van der Waals surface area (Å²) in [5.74, 6) is 0. The van der Waals surface area contributed by atoms with E-state index in [-0.39, 0.29) is 0 Å². The monoisotopic (exact) mass is 180 g/mol. The zero-order chi connectivity index (χ0) is 7.89. The van der Waals surface area contributed by atoms with Gasteiger partial charge in [-0.2, -0.15) is 0 Å². The second-order valence-electron chi connectivity index (χ2n) is 1.90. The highest BCUT2D eigenvalue weighted by atomic mass is 35.7. The molecular formula is C4H6ClN2O2P. The van der Waals surface area contributed by atoms with Crippen LogP contribution in [0.4, 0.5) is 0 Å². The predicted molar refractivity (Wildman–Crippen MR) is 40.9 cm³/mol. The molecule has 1 aromatic rings. The molecule has 0 spiro atoms. The number of rotatable bonds is 0. The van der Waals surface area contributed by atoms with Gasteiger partial charge in [0.1, 0.15) is 7.20 Å². The van der Waals surface area contributed by atoms with E-state index in [1.807, 2.05) is 0 Å². The van der Waals surface area contributed by atoms with E-state index < -0.39 is 18.3 Å². The van der Waals surface area contributed by atoms with Crippen LogP contribution in [0, 0.1) is 0 Å². The maximum atomic E-state index is 10.8. The minimum absolute atomic E-state index is 0.524. The number of hydrogen-bond donors (Lipinski definition) is 0. The molecule has 0 amide bonds. The van der Waals surface area contributed by atoms with Gasteiger partial charge in [-0.15, -0.1) is 0 Å². The van der Waals surface area contributed by atoms with E-state index in [1.54, 1.807) is 0 Å². The zero-order valence-electron chi connectivity index (χ0n) is 5.54. The van der Waals surface area contributed by atoms with Crippen LogP contribution in [0.2, 0.25) is 0 Å². The molecule has 1 aromatic heterocycles. The van der Waals surface area contributed by atoms with Crippen molar-refractivity contribution >= 4 is 18.4 Å². The molecule has 1 heterocycles. The third kappa shape index (κ3) is 0.842. The largest absolute Gasteiger partial charge is 0.321 e. The van der Waals surface area contributed by atoms with E-state index in [0.717, 1.165) is 0 Å².